The topological polar surface area (TPSA) is 61.4 Å². The minimum Gasteiger partial charge on any atom is -0.373 e. The van der Waals surface area contributed by atoms with Gasteiger partial charge in [0.2, 0.25) is 5.91 Å². The van der Waals surface area contributed by atoms with Gasteiger partial charge < -0.3 is 15.1 Å². The molecule has 1 unspecified atom stereocenters. The number of benzene rings is 1. The zero-order valence-electron chi connectivity index (χ0n) is 16.4. The molecule has 2 aromatic rings. The van der Waals surface area contributed by atoms with Gasteiger partial charge in [-0.15, -0.1) is 0 Å². The highest BCUT2D eigenvalue weighted by Gasteiger charge is 2.31. The molecule has 28 heavy (non-hydrogen) atoms. The van der Waals surface area contributed by atoms with E-state index >= 15 is 0 Å². The normalized spacial score (nSPS) is 19.5. The number of likely N-dealkylation sites (tertiary alicyclic amines) is 1. The summed E-state index contributed by atoms with van der Waals surface area (Å²) in [6.45, 7) is 3.21. The number of likely N-dealkylation sites (N-methyl/N-ethyl adjacent to an activating group) is 1. The van der Waals surface area contributed by atoms with Crippen LogP contribution in [0, 0.1) is 5.82 Å². The van der Waals surface area contributed by atoms with E-state index < -0.39 is 0 Å². The molecule has 1 saturated heterocycles. The summed E-state index contributed by atoms with van der Waals surface area (Å²) in [4.78, 5) is 26.4. The Labute approximate surface area is 164 Å². The second-order valence-corrected chi connectivity index (χ2v) is 7.72. The first kappa shape index (κ1) is 18.8. The van der Waals surface area contributed by atoms with E-state index in [0.29, 0.717) is 19.5 Å². The summed E-state index contributed by atoms with van der Waals surface area (Å²) in [5.41, 5.74) is 3.15. The van der Waals surface area contributed by atoms with Crippen LogP contribution in [0.1, 0.15) is 35.0 Å². The van der Waals surface area contributed by atoms with E-state index in [9.17, 15) is 9.18 Å². The molecule has 0 aliphatic carbocycles. The van der Waals surface area contributed by atoms with E-state index in [1.54, 1.807) is 12.1 Å². The highest BCUT2D eigenvalue weighted by molar-refractivity contribution is 5.79. The lowest BCUT2D eigenvalue weighted by atomic mass is 10.0. The first-order valence-corrected chi connectivity index (χ1v) is 9.81. The highest BCUT2D eigenvalue weighted by Crippen LogP contribution is 2.30. The van der Waals surface area contributed by atoms with E-state index in [-0.39, 0.29) is 17.6 Å². The molecule has 1 aromatic carbocycles. The van der Waals surface area contributed by atoms with Crippen molar-refractivity contribution in [2.24, 2.45) is 0 Å². The Morgan fingerprint density at radius 3 is 2.79 bits per heavy atom. The molecule has 2 aliphatic heterocycles. The molecule has 1 amide bonds. The molecule has 1 atom stereocenters. The largest absolute Gasteiger partial charge is 0.373 e. The minimum atomic E-state index is -0.284. The van der Waals surface area contributed by atoms with Crippen molar-refractivity contribution in [3.8, 4) is 0 Å². The Balaban J connectivity index is 1.46. The van der Waals surface area contributed by atoms with Crippen LogP contribution in [0.5, 0.6) is 0 Å². The van der Waals surface area contributed by atoms with E-state index in [4.69, 9.17) is 9.97 Å². The number of carbonyl (C=O) groups excluding carboxylic acids is 1. The van der Waals surface area contributed by atoms with Crippen molar-refractivity contribution in [1.82, 2.24) is 19.8 Å². The molecular weight excluding hydrogens is 357 g/mol. The van der Waals surface area contributed by atoms with E-state index in [0.717, 1.165) is 48.8 Å². The SMILES string of the molecule is CNc1nc(C2CCN(C(=O)Cc3ccc(F)cc3)C2)nc2c1CN(C)CC2. The van der Waals surface area contributed by atoms with Crippen LogP contribution in [-0.2, 0) is 24.2 Å². The number of carbonyl (C=O) groups is 1. The summed E-state index contributed by atoms with van der Waals surface area (Å²) in [5, 5.41) is 3.22. The fourth-order valence-electron chi connectivity index (χ4n) is 4.04. The second-order valence-electron chi connectivity index (χ2n) is 7.72. The van der Waals surface area contributed by atoms with Crippen molar-refractivity contribution >= 4 is 11.7 Å². The van der Waals surface area contributed by atoms with Crippen LogP contribution in [-0.4, -0.2) is 59.4 Å². The molecule has 6 nitrogen and oxygen atoms in total. The van der Waals surface area contributed by atoms with Gasteiger partial charge in [0.15, 0.2) is 0 Å². The number of hydrogen-bond acceptors (Lipinski definition) is 5. The lowest BCUT2D eigenvalue weighted by Crippen LogP contribution is -2.31. The molecule has 0 spiro atoms. The molecule has 2 aliphatic rings. The Hall–Kier alpha value is -2.54. The van der Waals surface area contributed by atoms with E-state index in [1.807, 2.05) is 11.9 Å². The average molecular weight is 383 g/mol. The molecule has 7 heteroatoms. The number of rotatable bonds is 4. The lowest BCUT2D eigenvalue weighted by molar-refractivity contribution is -0.129. The summed E-state index contributed by atoms with van der Waals surface area (Å²) < 4.78 is 13.1. The van der Waals surface area contributed by atoms with Crippen LogP contribution in [0.15, 0.2) is 24.3 Å². The smallest absolute Gasteiger partial charge is 0.227 e. The third-order valence-electron chi connectivity index (χ3n) is 5.68. The number of nitrogens with one attached hydrogen (secondary N) is 1. The highest BCUT2D eigenvalue weighted by atomic mass is 19.1. The summed E-state index contributed by atoms with van der Waals surface area (Å²) in [7, 11) is 4.01. The third kappa shape index (κ3) is 3.85. The first-order valence-electron chi connectivity index (χ1n) is 9.81. The fourth-order valence-corrected chi connectivity index (χ4v) is 4.04. The van der Waals surface area contributed by atoms with E-state index in [1.165, 1.54) is 17.7 Å². The number of nitrogens with zero attached hydrogens (tertiary/aromatic N) is 4. The van der Waals surface area contributed by atoms with Gasteiger partial charge in [-0.05, 0) is 31.2 Å². The van der Waals surface area contributed by atoms with Gasteiger partial charge in [0, 0.05) is 51.1 Å². The Bertz CT molecular complexity index is 853. The predicted octanol–water partition coefficient (Wildman–Crippen LogP) is 2.20. The van der Waals surface area contributed by atoms with Crippen molar-refractivity contribution in [1.29, 1.82) is 0 Å². The molecular formula is C21H26FN5O. The minimum absolute atomic E-state index is 0.0718. The Kier molecular flexibility index (Phi) is 5.26. The van der Waals surface area contributed by atoms with Gasteiger partial charge in [0.1, 0.15) is 17.5 Å². The third-order valence-corrected chi connectivity index (χ3v) is 5.68. The molecule has 0 saturated carbocycles. The van der Waals surface area contributed by atoms with Crippen LogP contribution in [0.25, 0.3) is 0 Å². The number of aromatic nitrogens is 2. The Morgan fingerprint density at radius 1 is 1.25 bits per heavy atom. The zero-order chi connectivity index (χ0) is 19.7. The van der Waals surface area contributed by atoms with Crippen molar-refractivity contribution < 1.29 is 9.18 Å². The number of hydrogen-bond donors (Lipinski definition) is 1. The van der Waals surface area contributed by atoms with Gasteiger partial charge >= 0.3 is 0 Å². The fraction of sp³-hybridized carbons (Fsp3) is 0.476. The maximum Gasteiger partial charge on any atom is 0.227 e. The van der Waals surface area contributed by atoms with Gasteiger partial charge in [0.25, 0.3) is 0 Å². The molecule has 1 aromatic heterocycles. The van der Waals surface area contributed by atoms with E-state index in [2.05, 4.69) is 17.3 Å². The monoisotopic (exact) mass is 383 g/mol. The lowest BCUT2D eigenvalue weighted by Gasteiger charge is -2.26. The van der Waals surface area contributed by atoms with Crippen molar-refractivity contribution in [2.45, 2.75) is 31.7 Å². The maximum absolute atomic E-state index is 13.1. The van der Waals surface area contributed by atoms with Crippen LogP contribution in [0.2, 0.25) is 0 Å². The molecule has 1 fully saturated rings. The molecule has 0 radical (unpaired) electrons. The Morgan fingerprint density at radius 2 is 2.04 bits per heavy atom. The molecule has 1 N–H and O–H groups in total. The van der Waals surface area contributed by atoms with Gasteiger partial charge in [-0.25, -0.2) is 14.4 Å². The average Bonchev–Trinajstić information content (AvgIpc) is 3.19. The number of amides is 1. The number of fused-ring (bicyclic) bond motifs is 1. The molecule has 0 bridgehead atoms. The van der Waals surface area contributed by atoms with Crippen LogP contribution in [0.4, 0.5) is 10.2 Å². The zero-order valence-corrected chi connectivity index (χ0v) is 16.4. The van der Waals surface area contributed by atoms with Crippen LogP contribution < -0.4 is 5.32 Å². The predicted molar refractivity (Wildman–Crippen MR) is 106 cm³/mol. The standard InChI is InChI=1S/C21H26FN5O/c1-23-21-17-13-26(2)9-8-18(17)24-20(25-21)15-7-10-27(12-15)19(28)11-14-3-5-16(22)6-4-14/h3-6,15H,7-13H2,1-2H3,(H,23,24,25). The number of anilines is 1. The molecule has 3 heterocycles. The van der Waals surface area contributed by atoms with Crippen molar-refractivity contribution in [2.75, 3.05) is 39.0 Å². The van der Waals surface area contributed by atoms with Crippen molar-refractivity contribution in [3.63, 3.8) is 0 Å². The summed E-state index contributed by atoms with van der Waals surface area (Å²) in [6.07, 6.45) is 2.10. The summed E-state index contributed by atoms with van der Waals surface area (Å²) in [6, 6.07) is 6.13. The summed E-state index contributed by atoms with van der Waals surface area (Å²) in [5.74, 6) is 1.69. The maximum atomic E-state index is 13.1. The van der Waals surface area contributed by atoms with Crippen LogP contribution >= 0.6 is 0 Å². The quantitative estimate of drug-likeness (QED) is 0.877. The van der Waals surface area contributed by atoms with Gasteiger partial charge in [0.05, 0.1) is 12.1 Å². The molecule has 4 rings (SSSR count). The van der Waals surface area contributed by atoms with Gasteiger partial charge in [-0.2, -0.15) is 0 Å². The van der Waals surface area contributed by atoms with Gasteiger partial charge in [-0.1, -0.05) is 12.1 Å². The number of halogens is 1. The first-order chi connectivity index (χ1) is 13.5. The van der Waals surface area contributed by atoms with Gasteiger partial charge in [-0.3, -0.25) is 4.79 Å². The molecule has 148 valence electrons. The summed E-state index contributed by atoms with van der Waals surface area (Å²) >= 11 is 0. The van der Waals surface area contributed by atoms with Crippen molar-refractivity contribution in [3.05, 3.63) is 52.7 Å². The van der Waals surface area contributed by atoms with Crippen LogP contribution in [0.3, 0.4) is 0 Å². The second kappa shape index (κ2) is 7.83.